The van der Waals surface area contributed by atoms with E-state index < -0.39 is 72.5 Å². The van der Waals surface area contributed by atoms with Gasteiger partial charge in [0.25, 0.3) is 0 Å². The van der Waals surface area contributed by atoms with Gasteiger partial charge in [-0.1, -0.05) is 53.7 Å². The van der Waals surface area contributed by atoms with Gasteiger partial charge in [0.2, 0.25) is 24.1 Å². The Kier molecular flexibility index (Phi) is 20.7. The fourth-order valence-corrected chi connectivity index (χ4v) is 8.39. The van der Waals surface area contributed by atoms with E-state index in [4.69, 9.17) is 42.7 Å². The average molecular weight is 928 g/mol. The molecule has 0 radical (unpaired) electrons. The van der Waals surface area contributed by atoms with E-state index in [1.807, 2.05) is 40.7 Å². The monoisotopic (exact) mass is 927 g/mol. The summed E-state index contributed by atoms with van der Waals surface area (Å²) in [5.41, 5.74) is 6.48. The van der Waals surface area contributed by atoms with E-state index in [-0.39, 0.29) is 79.7 Å². The van der Waals surface area contributed by atoms with Crippen LogP contribution in [0.1, 0.15) is 104 Å². The van der Waals surface area contributed by atoms with Crippen molar-refractivity contribution in [3.8, 4) is 23.2 Å². The first-order valence-electron chi connectivity index (χ1n) is 22.4. The fourth-order valence-electron chi connectivity index (χ4n) is 8.39. The molecule has 366 valence electrons. The van der Waals surface area contributed by atoms with Crippen molar-refractivity contribution in [2.24, 2.45) is 41.2 Å². The Bertz CT molecular complexity index is 2050. The molecule has 13 atom stereocenters. The number of aliphatic hydroxyl groups is 2. The molecule has 6 bridgehead atoms. The van der Waals surface area contributed by atoms with Gasteiger partial charge in [-0.15, -0.1) is 0 Å². The van der Waals surface area contributed by atoms with Gasteiger partial charge in [-0.25, -0.2) is 19.7 Å². The normalized spacial score (nSPS) is 26.0. The molecule has 1 aliphatic heterocycles. The predicted octanol–water partition coefficient (Wildman–Crippen LogP) is 6.54. The second-order valence-electron chi connectivity index (χ2n) is 17.7. The number of primary amides is 1. The number of esters is 1. The molecule has 0 unspecified atom stereocenters. The summed E-state index contributed by atoms with van der Waals surface area (Å²) in [6.45, 7) is 11.1. The van der Waals surface area contributed by atoms with Crippen LogP contribution in [0, 0.1) is 35.5 Å². The van der Waals surface area contributed by atoms with Crippen LogP contribution in [0.5, 0.6) is 0 Å². The molecule has 0 saturated carbocycles. The lowest BCUT2D eigenvalue weighted by atomic mass is 9.84. The zero-order chi connectivity index (χ0) is 48.7. The predicted molar refractivity (Wildman–Crippen MR) is 240 cm³/mol. The highest BCUT2D eigenvalue weighted by Gasteiger charge is 2.35. The highest BCUT2D eigenvalue weighted by Crippen LogP contribution is 2.34. The van der Waals surface area contributed by atoms with Crippen molar-refractivity contribution in [2.75, 3.05) is 28.4 Å². The molecular formula is C47H69N5O14. The minimum atomic E-state index is -1.07. The Morgan fingerprint density at radius 1 is 0.939 bits per heavy atom. The first-order valence-corrected chi connectivity index (χ1v) is 22.4. The van der Waals surface area contributed by atoms with E-state index in [0.29, 0.717) is 29.9 Å². The largest absolute Gasteiger partial charge is 0.462 e. The third kappa shape index (κ3) is 15.2. The lowest BCUT2D eigenvalue weighted by molar-refractivity contribution is -0.159. The SMILES string of the molecule is CO[C@H]([C@H](C)C=CN(C)C=O)[C@@H](C)C(=O)CC[C@H](C)[C@H](C[C@@H]1OC(=O)C[C@@H](OC(N)=O)C[C@H](C)C[C@H](O)[C@H](C)[C@@H](OC)c2coc(n2)-c2coc(n2)-c2coc(n2)C=CC[C@H](O)[C@H]1C)OC. The van der Waals surface area contributed by atoms with Crippen molar-refractivity contribution >= 4 is 30.3 Å². The number of nitrogens with zero attached hydrogens (tertiary/aromatic N) is 4. The Morgan fingerprint density at radius 2 is 1.62 bits per heavy atom. The highest BCUT2D eigenvalue weighted by atomic mass is 16.6. The first kappa shape index (κ1) is 53.4. The van der Waals surface area contributed by atoms with Crippen LogP contribution in [0.25, 0.3) is 29.2 Å². The number of cyclic esters (lactones) is 1. The lowest BCUT2D eigenvalue weighted by Crippen LogP contribution is -2.39. The summed E-state index contributed by atoms with van der Waals surface area (Å²) in [6, 6.07) is 0. The number of aliphatic hydroxyl groups excluding tert-OH is 2. The Morgan fingerprint density at radius 3 is 2.29 bits per heavy atom. The molecule has 0 saturated heterocycles. The molecule has 4 heterocycles. The van der Waals surface area contributed by atoms with E-state index in [0.717, 1.165) is 0 Å². The minimum Gasteiger partial charge on any atom is -0.462 e. The number of methoxy groups -OCH3 is 3. The van der Waals surface area contributed by atoms with Gasteiger partial charge < -0.3 is 57.8 Å². The number of oxazole rings is 3. The highest BCUT2D eigenvalue weighted by molar-refractivity contribution is 5.81. The summed E-state index contributed by atoms with van der Waals surface area (Å²) >= 11 is 0. The molecule has 0 aromatic carbocycles. The molecule has 1 aliphatic rings. The zero-order valence-electron chi connectivity index (χ0n) is 39.7. The van der Waals surface area contributed by atoms with Crippen molar-refractivity contribution in [2.45, 2.75) is 129 Å². The van der Waals surface area contributed by atoms with Gasteiger partial charge in [0.1, 0.15) is 48.6 Å². The molecule has 2 amide bonds. The smallest absolute Gasteiger partial charge is 0.404 e. The number of carbonyl (C=O) groups excluding carboxylic acids is 4. The molecule has 66 heavy (non-hydrogen) atoms. The number of ketones is 1. The summed E-state index contributed by atoms with van der Waals surface area (Å²) < 4.78 is 46.0. The number of hydrogen-bond donors (Lipinski definition) is 3. The number of carbonyl (C=O) groups is 4. The average Bonchev–Trinajstić information content (AvgIpc) is 4.08. The van der Waals surface area contributed by atoms with E-state index in [1.54, 1.807) is 46.5 Å². The summed E-state index contributed by atoms with van der Waals surface area (Å²) in [4.78, 5) is 65.4. The molecule has 0 spiro atoms. The maximum absolute atomic E-state index is 13.8. The zero-order valence-corrected chi connectivity index (χ0v) is 39.7. The maximum atomic E-state index is 13.8. The fraction of sp³-hybridized carbons (Fsp3) is 0.638. The summed E-state index contributed by atoms with van der Waals surface area (Å²) in [7, 11) is 6.22. The van der Waals surface area contributed by atoms with Gasteiger partial charge in [-0.3, -0.25) is 14.4 Å². The number of fused-ring (bicyclic) bond motifs is 8. The van der Waals surface area contributed by atoms with Gasteiger partial charge >= 0.3 is 12.1 Å². The Labute approximate surface area is 386 Å². The maximum Gasteiger partial charge on any atom is 0.404 e. The quantitative estimate of drug-likeness (QED) is 0.102. The van der Waals surface area contributed by atoms with Gasteiger partial charge in [-0.05, 0) is 43.6 Å². The lowest BCUT2D eigenvalue weighted by Gasteiger charge is -2.33. The number of nitrogens with two attached hydrogens (primary N) is 1. The molecule has 0 aliphatic carbocycles. The number of amides is 2. The summed E-state index contributed by atoms with van der Waals surface area (Å²) in [6.07, 6.45) is 6.09. The van der Waals surface area contributed by atoms with E-state index in [9.17, 15) is 29.4 Å². The van der Waals surface area contributed by atoms with Gasteiger partial charge in [0, 0.05) is 71.1 Å². The van der Waals surface area contributed by atoms with Crippen molar-refractivity contribution in [3.05, 3.63) is 48.7 Å². The number of rotatable bonds is 16. The second-order valence-corrected chi connectivity index (χ2v) is 17.7. The van der Waals surface area contributed by atoms with Crippen LogP contribution in [0.2, 0.25) is 0 Å². The molecule has 19 nitrogen and oxygen atoms in total. The third-order valence-electron chi connectivity index (χ3n) is 12.5. The van der Waals surface area contributed by atoms with Gasteiger partial charge in [0.15, 0.2) is 11.4 Å². The van der Waals surface area contributed by atoms with Crippen molar-refractivity contribution in [1.29, 1.82) is 0 Å². The minimum absolute atomic E-state index is 0.00289. The van der Waals surface area contributed by atoms with Crippen LogP contribution >= 0.6 is 0 Å². The van der Waals surface area contributed by atoms with Crippen molar-refractivity contribution in [1.82, 2.24) is 19.9 Å². The molecule has 3 aromatic heterocycles. The van der Waals surface area contributed by atoms with Crippen LogP contribution in [0.4, 0.5) is 4.79 Å². The molecule has 4 rings (SSSR count). The molecular weight excluding hydrogens is 859 g/mol. The molecule has 3 aromatic rings. The van der Waals surface area contributed by atoms with Crippen molar-refractivity contribution in [3.63, 3.8) is 0 Å². The van der Waals surface area contributed by atoms with Crippen LogP contribution in [-0.2, 0) is 38.1 Å². The molecule has 4 N–H and O–H groups in total. The Hall–Kier alpha value is -5.21. The topological polar surface area (TPSA) is 262 Å². The van der Waals surface area contributed by atoms with E-state index >= 15 is 0 Å². The van der Waals surface area contributed by atoms with Gasteiger partial charge in [0.05, 0.1) is 30.8 Å². The molecule has 19 heteroatoms. The number of Topliss-reactive ketones (excluding diaryl/α,β-unsaturated/α-hetero) is 1. The van der Waals surface area contributed by atoms with E-state index in [2.05, 4.69) is 15.0 Å². The van der Waals surface area contributed by atoms with E-state index in [1.165, 1.54) is 30.8 Å². The first-order chi connectivity index (χ1) is 31.4. The molecule has 0 fully saturated rings. The Balaban J connectivity index is 1.58. The third-order valence-corrected chi connectivity index (χ3v) is 12.5. The van der Waals surface area contributed by atoms with Crippen molar-refractivity contribution < 1.29 is 66.3 Å². The summed E-state index contributed by atoms with van der Waals surface area (Å²) in [5.74, 6) is -2.37. The van der Waals surface area contributed by atoms with Crippen LogP contribution < -0.4 is 5.73 Å². The standard InChI is InChI=1S/C47H69N5O14/c1-26-18-32(65-47(48)58)20-42(57)66-40(21-39(59-8)27(2)14-15-37(55)30(5)43(60-9)28(3)16-17-52(7)25-53)29(4)36(54)12-11-13-41-49-34(23-62-41)45-51-35(24-64-45)46-50-33(22-63-46)44(61-10)31(6)38(56)19-26/h11,13,16-17,22-32,36,38-40,43-44,54,56H,12,14-15,18-21H2,1-10H3,(H2,48,58)/t26-,27-,28+,29+,30-,31-,32-,36-,38-,39-,40-,43+,44+/m0/s1. The van der Waals surface area contributed by atoms with Gasteiger partial charge in [-0.2, -0.15) is 0 Å². The van der Waals surface area contributed by atoms with Crippen LogP contribution in [-0.4, -0.2) is 119 Å². The van der Waals surface area contributed by atoms with Crippen LogP contribution in [0.15, 0.2) is 50.4 Å². The van der Waals surface area contributed by atoms with Crippen LogP contribution in [0.3, 0.4) is 0 Å². The number of hydrogen-bond acceptors (Lipinski definition) is 17. The number of aromatic nitrogens is 3. The second kappa shape index (κ2) is 25.6. The summed E-state index contributed by atoms with van der Waals surface area (Å²) in [5, 5.41) is 22.9. The number of ether oxygens (including phenoxy) is 5.